The Hall–Kier alpha value is -2.00. The van der Waals surface area contributed by atoms with Gasteiger partial charge in [0.15, 0.2) is 0 Å². The fourth-order valence-corrected chi connectivity index (χ4v) is 3.61. The van der Waals surface area contributed by atoms with Gasteiger partial charge >= 0.3 is 5.97 Å². The lowest BCUT2D eigenvalue weighted by Gasteiger charge is -2.05. The van der Waals surface area contributed by atoms with Crippen molar-refractivity contribution in [3.8, 4) is 0 Å². The Kier molecular flexibility index (Phi) is 3.73. The van der Waals surface area contributed by atoms with Gasteiger partial charge in [-0.1, -0.05) is 0 Å². The van der Waals surface area contributed by atoms with Gasteiger partial charge in [0.1, 0.15) is 4.21 Å². The van der Waals surface area contributed by atoms with E-state index >= 15 is 0 Å². The molecule has 0 bridgehead atoms. The molecule has 2 aromatic rings. The van der Waals surface area contributed by atoms with Crippen LogP contribution in [-0.4, -0.2) is 29.5 Å². The van der Waals surface area contributed by atoms with Crippen molar-refractivity contribution in [2.45, 2.75) is 18.1 Å². The Morgan fingerprint density at radius 2 is 1.85 bits per heavy atom. The Morgan fingerprint density at radius 3 is 2.35 bits per heavy atom. The molecule has 0 aliphatic carbocycles. The van der Waals surface area contributed by atoms with Crippen molar-refractivity contribution in [1.29, 1.82) is 0 Å². The van der Waals surface area contributed by atoms with E-state index in [1.807, 2.05) is 0 Å². The van der Waals surface area contributed by atoms with Crippen molar-refractivity contribution in [2.75, 3.05) is 4.72 Å². The SMILES string of the molecule is Cc1cc(C)nc(NS(=O)(=O)c2cc(C(=O)O)cs2)n1. The molecule has 0 aromatic carbocycles. The van der Waals surface area contributed by atoms with E-state index < -0.39 is 16.0 Å². The number of nitrogens with zero attached hydrogens (tertiary/aromatic N) is 2. The minimum atomic E-state index is -3.88. The van der Waals surface area contributed by atoms with Gasteiger partial charge in [0, 0.05) is 16.8 Å². The van der Waals surface area contributed by atoms with Crippen molar-refractivity contribution in [3.05, 3.63) is 34.5 Å². The van der Waals surface area contributed by atoms with Crippen LogP contribution in [0.2, 0.25) is 0 Å². The van der Waals surface area contributed by atoms with E-state index in [9.17, 15) is 13.2 Å². The number of carbonyl (C=O) groups is 1. The Labute approximate surface area is 119 Å². The topological polar surface area (TPSA) is 109 Å². The van der Waals surface area contributed by atoms with Gasteiger partial charge in [0.05, 0.1) is 5.56 Å². The van der Waals surface area contributed by atoms with Gasteiger partial charge in [0.2, 0.25) is 5.95 Å². The number of carboxylic acids is 1. The van der Waals surface area contributed by atoms with Crippen LogP contribution in [0.1, 0.15) is 21.7 Å². The molecule has 0 amide bonds. The average molecular weight is 313 g/mol. The summed E-state index contributed by atoms with van der Waals surface area (Å²) < 4.78 is 26.3. The molecule has 2 heterocycles. The van der Waals surface area contributed by atoms with Crippen molar-refractivity contribution in [2.24, 2.45) is 0 Å². The van der Waals surface area contributed by atoms with E-state index in [4.69, 9.17) is 5.11 Å². The summed E-state index contributed by atoms with van der Waals surface area (Å²) >= 11 is 0.826. The number of nitrogens with one attached hydrogen (secondary N) is 1. The fraction of sp³-hybridized carbons (Fsp3) is 0.182. The lowest BCUT2D eigenvalue weighted by atomic mass is 10.4. The molecule has 0 unspecified atom stereocenters. The quantitative estimate of drug-likeness (QED) is 0.888. The number of hydrogen-bond acceptors (Lipinski definition) is 6. The van der Waals surface area contributed by atoms with Gasteiger partial charge in [-0.05, 0) is 26.0 Å². The van der Waals surface area contributed by atoms with E-state index in [0.717, 1.165) is 17.4 Å². The van der Waals surface area contributed by atoms with Gasteiger partial charge in [0.25, 0.3) is 10.0 Å². The first-order valence-corrected chi connectivity index (χ1v) is 7.81. The monoisotopic (exact) mass is 313 g/mol. The number of aromatic nitrogens is 2. The Balaban J connectivity index is 2.32. The van der Waals surface area contributed by atoms with E-state index in [-0.39, 0.29) is 15.7 Å². The van der Waals surface area contributed by atoms with Crippen LogP contribution in [0, 0.1) is 13.8 Å². The summed E-state index contributed by atoms with van der Waals surface area (Å²) in [7, 11) is -3.88. The highest BCUT2D eigenvalue weighted by Gasteiger charge is 2.20. The Morgan fingerprint density at radius 1 is 1.25 bits per heavy atom. The predicted molar refractivity (Wildman–Crippen MR) is 73.6 cm³/mol. The highest BCUT2D eigenvalue weighted by molar-refractivity contribution is 7.94. The number of aromatic carboxylic acids is 1. The minimum absolute atomic E-state index is 0.0345. The molecule has 2 N–H and O–H groups in total. The van der Waals surface area contributed by atoms with Gasteiger partial charge in [-0.2, -0.15) is 0 Å². The highest BCUT2D eigenvalue weighted by atomic mass is 32.2. The second-order valence-electron chi connectivity index (χ2n) is 4.04. The van der Waals surface area contributed by atoms with Crippen LogP contribution in [0.3, 0.4) is 0 Å². The number of carboxylic acid groups (broad SMARTS) is 1. The third kappa shape index (κ3) is 3.11. The van der Waals surface area contributed by atoms with E-state index in [0.29, 0.717) is 11.4 Å². The van der Waals surface area contributed by atoms with Crippen molar-refractivity contribution in [1.82, 2.24) is 9.97 Å². The summed E-state index contributed by atoms with van der Waals surface area (Å²) in [6, 6.07) is 2.81. The molecule has 7 nitrogen and oxygen atoms in total. The van der Waals surface area contributed by atoms with E-state index in [1.165, 1.54) is 5.38 Å². The van der Waals surface area contributed by atoms with Crippen LogP contribution in [0.25, 0.3) is 0 Å². The Bertz CT molecular complexity index is 747. The van der Waals surface area contributed by atoms with Crippen LogP contribution in [0.5, 0.6) is 0 Å². The zero-order valence-electron chi connectivity index (χ0n) is 10.6. The summed E-state index contributed by atoms with van der Waals surface area (Å²) in [6.07, 6.45) is 0. The van der Waals surface area contributed by atoms with E-state index in [2.05, 4.69) is 14.7 Å². The molecule has 106 valence electrons. The number of anilines is 1. The van der Waals surface area contributed by atoms with Crippen molar-refractivity contribution < 1.29 is 18.3 Å². The molecular formula is C11H11N3O4S2. The van der Waals surface area contributed by atoms with Crippen LogP contribution >= 0.6 is 11.3 Å². The molecule has 2 rings (SSSR count). The summed E-state index contributed by atoms with van der Waals surface area (Å²) in [5.74, 6) is -1.21. The first kappa shape index (κ1) is 14.4. The highest BCUT2D eigenvalue weighted by Crippen LogP contribution is 2.22. The molecule has 0 spiro atoms. The third-order valence-electron chi connectivity index (χ3n) is 2.30. The molecular weight excluding hydrogens is 302 g/mol. The lowest BCUT2D eigenvalue weighted by molar-refractivity contribution is 0.0697. The van der Waals surface area contributed by atoms with Crippen LogP contribution in [0.15, 0.2) is 21.7 Å². The summed E-state index contributed by atoms with van der Waals surface area (Å²) in [4.78, 5) is 18.7. The molecule has 0 saturated heterocycles. The number of sulfonamides is 1. The maximum absolute atomic E-state index is 12.1. The molecule has 20 heavy (non-hydrogen) atoms. The van der Waals surface area contributed by atoms with Gasteiger partial charge in [-0.15, -0.1) is 11.3 Å². The first-order valence-electron chi connectivity index (χ1n) is 5.45. The van der Waals surface area contributed by atoms with Crippen molar-refractivity contribution in [3.63, 3.8) is 0 Å². The largest absolute Gasteiger partial charge is 0.478 e. The lowest BCUT2D eigenvalue weighted by Crippen LogP contribution is -2.14. The van der Waals surface area contributed by atoms with E-state index in [1.54, 1.807) is 19.9 Å². The third-order valence-corrected chi connectivity index (χ3v) is 5.06. The zero-order valence-corrected chi connectivity index (χ0v) is 12.2. The summed E-state index contributed by atoms with van der Waals surface area (Å²) in [5.41, 5.74) is 1.19. The molecule has 0 fully saturated rings. The minimum Gasteiger partial charge on any atom is -0.478 e. The van der Waals surface area contributed by atoms with Crippen molar-refractivity contribution >= 4 is 33.3 Å². The summed E-state index contributed by atoms with van der Waals surface area (Å²) in [6.45, 7) is 3.44. The van der Waals surface area contributed by atoms with Gasteiger partial charge in [-0.3, -0.25) is 0 Å². The first-order chi connectivity index (χ1) is 9.28. The number of rotatable bonds is 4. The average Bonchev–Trinajstić information content (AvgIpc) is 2.76. The van der Waals surface area contributed by atoms with Crippen LogP contribution in [-0.2, 0) is 10.0 Å². The molecule has 0 atom stereocenters. The number of hydrogen-bond donors (Lipinski definition) is 2. The maximum atomic E-state index is 12.1. The second kappa shape index (κ2) is 5.17. The number of aryl methyl sites for hydroxylation is 2. The fourth-order valence-electron chi connectivity index (χ4n) is 1.51. The molecule has 0 radical (unpaired) electrons. The van der Waals surface area contributed by atoms with Gasteiger partial charge < -0.3 is 5.11 Å². The molecule has 0 saturated carbocycles. The predicted octanol–water partition coefficient (Wildman–Crippen LogP) is 1.65. The number of thiophene rings is 1. The molecule has 9 heteroatoms. The second-order valence-corrected chi connectivity index (χ2v) is 6.86. The smallest absolute Gasteiger partial charge is 0.336 e. The van der Waals surface area contributed by atoms with Gasteiger partial charge in [-0.25, -0.2) is 27.9 Å². The van der Waals surface area contributed by atoms with Crippen LogP contribution < -0.4 is 4.72 Å². The molecule has 0 aliphatic heterocycles. The normalized spacial score (nSPS) is 11.3. The zero-order chi connectivity index (χ0) is 14.9. The molecule has 0 aliphatic rings. The maximum Gasteiger partial charge on any atom is 0.336 e. The van der Waals surface area contributed by atoms with Crippen LogP contribution in [0.4, 0.5) is 5.95 Å². The standard InChI is InChI=1S/C11H11N3O4S2/c1-6-3-7(2)13-11(12-6)14-20(17,18)9-4-8(5-19-9)10(15)16/h3-5H,1-2H3,(H,15,16)(H,12,13,14). The molecule has 2 aromatic heterocycles. The summed E-state index contributed by atoms with van der Waals surface area (Å²) in [5, 5.41) is 10.1.